The maximum absolute atomic E-state index is 11.3. The number of carbonyl (C=O) groups is 1. The molecule has 0 saturated carbocycles. The Labute approximate surface area is 189 Å². The standard InChI is InChI=1S/C26H33NO5/c1-26(14-13-24(28)29)22-11-9-19(8-5-15-27)31-25(22)21-16-20(10-12-23(21)32-26)30-17-18-6-3-2-4-7-18/h2-4,6-7,10,12,16,19,22,25H,5,8-9,11,13-15,17,27H2,1H3,(H,28,29)/t19-,22-,25+,26+/m1/s1. The highest BCUT2D eigenvalue weighted by atomic mass is 16.5. The Morgan fingerprint density at radius 3 is 2.78 bits per heavy atom. The molecule has 0 radical (unpaired) electrons. The SMILES string of the molecule is C[C@@]1(CCC(=O)O)Oc2ccc(OCc3ccccc3)cc2[C@@H]2O[C@H](CCCN)CC[C@H]21. The largest absolute Gasteiger partial charge is 0.489 e. The fraction of sp³-hybridized carbons (Fsp3) is 0.500. The first-order chi connectivity index (χ1) is 15.5. The zero-order valence-electron chi connectivity index (χ0n) is 18.7. The minimum absolute atomic E-state index is 0.0733. The van der Waals surface area contributed by atoms with E-state index < -0.39 is 11.6 Å². The molecule has 0 aromatic heterocycles. The van der Waals surface area contributed by atoms with Crippen LogP contribution in [-0.2, 0) is 16.1 Å². The predicted molar refractivity (Wildman–Crippen MR) is 122 cm³/mol. The average molecular weight is 440 g/mol. The highest BCUT2D eigenvalue weighted by molar-refractivity contribution is 5.66. The molecule has 1 saturated heterocycles. The van der Waals surface area contributed by atoms with Gasteiger partial charge in [-0.1, -0.05) is 30.3 Å². The van der Waals surface area contributed by atoms with Gasteiger partial charge in [0.2, 0.25) is 0 Å². The number of benzene rings is 2. The molecule has 2 aromatic rings. The third-order valence-corrected chi connectivity index (χ3v) is 6.73. The smallest absolute Gasteiger partial charge is 0.303 e. The summed E-state index contributed by atoms with van der Waals surface area (Å²) < 4.78 is 19.1. The van der Waals surface area contributed by atoms with Gasteiger partial charge < -0.3 is 25.1 Å². The van der Waals surface area contributed by atoms with Crippen LogP contribution < -0.4 is 15.2 Å². The Morgan fingerprint density at radius 2 is 2.03 bits per heavy atom. The first kappa shape index (κ1) is 22.6. The van der Waals surface area contributed by atoms with E-state index in [1.165, 1.54) is 0 Å². The minimum Gasteiger partial charge on any atom is -0.489 e. The molecule has 4 atom stereocenters. The van der Waals surface area contributed by atoms with Crippen LogP contribution in [0.25, 0.3) is 0 Å². The second-order valence-electron chi connectivity index (χ2n) is 9.08. The third kappa shape index (κ3) is 5.08. The van der Waals surface area contributed by atoms with Gasteiger partial charge in [-0.3, -0.25) is 4.79 Å². The van der Waals surface area contributed by atoms with Gasteiger partial charge >= 0.3 is 5.97 Å². The molecule has 0 bridgehead atoms. The van der Waals surface area contributed by atoms with Crippen LogP contribution in [0.2, 0.25) is 0 Å². The summed E-state index contributed by atoms with van der Waals surface area (Å²) in [5.41, 5.74) is 7.24. The van der Waals surface area contributed by atoms with Crippen molar-refractivity contribution >= 4 is 5.97 Å². The monoisotopic (exact) mass is 439 g/mol. The predicted octanol–water partition coefficient (Wildman–Crippen LogP) is 4.86. The summed E-state index contributed by atoms with van der Waals surface area (Å²) in [5, 5.41) is 9.26. The highest BCUT2D eigenvalue weighted by Crippen LogP contribution is 2.53. The maximum Gasteiger partial charge on any atom is 0.303 e. The Balaban J connectivity index is 1.58. The summed E-state index contributed by atoms with van der Waals surface area (Å²) >= 11 is 0. The van der Waals surface area contributed by atoms with Gasteiger partial charge in [0.05, 0.1) is 12.2 Å². The Kier molecular flexibility index (Phi) is 7.01. The molecule has 2 aromatic carbocycles. The molecule has 6 nitrogen and oxygen atoms in total. The van der Waals surface area contributed by atoms with Gasteiger partial charge in [-0.2, -0.15) is 0 Å². The van der Waals surface area contributed by atoms with Crippen molar-refractivity contribution in [3.8, 4) is 11.5 Å². The lowest BCUT2D eigenvalue weighted by molar-refractivity contribution is -0.162. The molecule has 4 rings (SSSR count). The Bertz CT molecular complexity index is 918. The molecular weight excluding hydrogens is 406 g/mol. The average Bonchev–Trinajstić information content (AvgIpc) is 2.81. The van der Waals surface area contributed by atoms with Crippen LogP contribution in [0.1, 0.15) is 62.7 Å². The van der Waals surface area contributed by atoms with Gasteiger partial charge in [-0.25, -0.2) is 0 Å². The number of rotatable bonds is 9. The van der Waals surface area contributed by atoms with Crippen LogP contribution in [-0.4, -0.2) is 29.3 Å². The quantitative estimate of drug-likeness (QED) is 0.580. The Morgan fingerprint density at radius 1 is 1.22 bits per heavy atom. The van der Waals surface area contributed by atoms with Crippen LogP contribution in [0.15, 0.2) is 48.5 Å². The molecule has 172 valence electrons. The number of nitrogens with two attached hydrogens (primary N) is 1. The highest BCUT2D eigenvalue weighted by Gasteiger charge is 2.50. The normalized spacial score (nSPS) is 26.5. The molecule has 2 heterocycles. The van der Waals surface area contributed by atoms with Gasteiger partial charge in [-0.05, 0) is 69.3 Å². The molecule has 32 heavy (non-hydrogen) atoms. The summed E-state index contributed by atoms with van der Waals surface area (Å²) in [6, 6.07) is 15.9. The van der Waals surface area contributed by atoms with E-state index in [1.807, 2.05) is 55.5 Å². The maximum atomic E-state index is 11.3. The topological polar surface area (TPSA) is 91.0 Å². The number of fused-ring (bicyclic) bond motifs is 3. The van der Waals surface area contributed by atoms with E-state index >= 15 is 0 Å². The zero-order chi connectivity index (χ0) is 22.6. The molecule has 2 aliphatic heterocycles. The van der Waals surface area contributed by atoms with Crippen LogP contribution >= 0.6 is 0 Å². The summed E-state index contributed by atoms with van der Waals surface area (Å²) in [4.78, 5) is 11.3. The van der Waals surface area contributed by atoms with Crippen molar-refractivity contribution in [2.45, 2.75) is 69.9 Å². The fourth-order valence-electron chi connectivity index (χ4n) is 4.95. The molecule has 0 aliphatic carbocycles. The molecule has 0 amide bonds. The molecule has 1 fully saturated rings. The van der Waals surface area contributed by atoms with Crippen molar-refractivity contribution in [1.82, 2.24) is 0 Å². The third-order valence-electron chi connectivity index (χ3n) is 6.73. The van der Waals surface area contributed by atoms with E-state index in [2.05, 4.69) is 0 Å². The lowest BCUT2D eigenvalue weighted by Crippen LogP contribution is -2.50. The van der Waals surface area contributed by atoms with E-state index in [9.17, 15) is 9.90 Å². The summed E-state index contributed by atoms with van der Waals surface area (Å²) in [5.74, 6) is 0.815. The van der Waals surface area contributed by atoms with Crippen LogP contribution in [0.5, 0.6) is 11.5 Å². The van der Waals surface area contributed by atoms with Crippen molar-refractivity contribution in [1.29, 1.82) is 0 Å². The molecule has 0 spiro atoms. The van der Waals surface area contributed by atoms with Crippen LogP contribution in [0.4, 0.5) is 0 Å². The number of carboxylic acid groups (broad SMARTS) is 1. The zero-order valence-corrected chi connectivity index (χ0v) is 18.7. The lowest BCUT2D eigenvalue weighted by atomic mass is 9.72. The number of aliphatic carboxylic acids is 1. The molecule has 3 N–H and O–H groups in total. The van der Waals surface area contributed by atoms with Crippen molar-refractivity contribution in [3.63, 3.8) is 0 Å². The number of carboxylic acids is 1. The van der Waals surface area contributed by atoms with Crippen molar-refractivity contribution in [2.24, 2.45) is 11.7 Å². The Hall–Kier alpha value is -2.57. The van der Waals surface area contributed by atoms with Crippen LogP contribution in [0, 0.1) is 5.92 Å². The molecule has 2 aliphatic rings. The van der Waals surface area contributed by atoms with Crippen molar-refractivity contribution in [2.75, 3.05) is 6.54 Å². The van der Waals surface area contributed by atoms with Crippen molar-refractivity contribution in [3.05, 3.63) is 59.7 Å². The number of hydrogen-bond donors (Lipinski definition) is 2. The fourth-order valence-corrected chi connectivity index (χ4v) is 4.95. The van der Waals surface area contributed by atoms with Gasteiger partial charge in [0.15, 0.2) is 0 Å². The van der Waals surface area contributed by atoms with Crippen LogP contribution in [0.3, 0.4) is 0 Å². The van der Waals surface area contributed by atoms with Gasteiger partial charge in [0.1, 0.15) is 23.7 Å². The lowest BCUT2D eigenvalue weighted by Gasteiger charge is -2.50. The summed E-state index contributed by atoms with van der Waals surface area (Å²) in [7, 11) is 0. The minimum atomic E-state index is -0.806. The number of hydrogen-bond acceptors (Lipinski definition) is 5. The van der Waals surface area contributed by atoms with Gasteiger partial charge in [-0.15, -0.1) is 0 Å². The second-order valence-corrected chi connectivity index (χ2v) is 9.08. The summed E-state index contributed by atoms with van der Waals surface area (Å²) in [6.45, 7) is 3.17. The first-order valence-electron chi connectivity index (χ1n) is 11.6. The van der Waals surface area contributed by atoms with E-state index in [4.69, 9.17) is 19.9 Å². The van der Waals surface area contributed by atoms with E-state index in [1.54, 1.807) is 0 Å². The number of ether oxygens (including phenoxy) is 3. The van der Waals surface area contributed by atoms with E-state index in [0.717, 1.165) is 48.3 Å². The van der Waals surface area contributed by atoms with Gasteiger partial charge in [0, 0.05) is 17.9 Å². The molecule has 0 unspecified atom stereocenters. The van der Waals surface area contributed by atoms with Crippen molar-refractivity contribution < 1.29 is 24.1 Å². The van der Waals surface area contributed by atoms with E-state index in [0.29, 0.717) is 19.6 Å². The van der Waals surface area contributed by atoms with E-state index in [-0.39, 0.29) is 24.5 Å². The molecular formula is C26H33NO5. The summed E-state index contributed by atoms with van der Waals surface area (Å²) in [6.07, 6.45) is 4.28. The molecule has 6 heteroatoms. The second kappa shape index (κ2) is 9.92. The van der Waals surface area contributed by atoms with Gasteiger partial charge in [0.25, 0.3) is 0 Å². The first-order valence-corrected chi connectivity index (χ1v) is 11.6.